The molecule has 0 bridgehead atoms. The van der Waals surface area contributed by atoms with Crippen molar-refractivity contribution in [1.29, 1.82) is 0 Å². The van der Waals surface area contributed by atoms with Gasteiger partial charge in [0.25, 0.3) is 10.0 Å². The SMILES string of the molecule is Cn1ncc(Cl)c1S(=O)(=O)NCc1cn[nH]c1. The molecule has 7 nitrogen and oxygen atoms in total. The van der Waals surface area contributed by atoms with Gasteiger partial charge in [-0.25, -0.2) is 13.1 Å². The van der Waals surface area contributed by atoms with Gasteiger partial charge in [-0.3, -0.25) is 9.78 Å². The number of hydrogen-bond donors (Lipinski definition) is 2. The standard InChI is InChI=1S/C8H10ClN5O2S/c1-14-8(7(9)5-12-14)17(15,16)13-4-6-2-10-11-3-6/h2-3,5,13H,4H2,1H3,(H,10,11). The van der Waals surface area contributed by atoms with Crippen molar-refractivity contribution in [3.8, 4) is 0 Å². The number of halogens is 1. The van der Waals surface area contributed by atoms with E-state index in [1.165, 1.54) is 24.1 Å². The maximum atomic E-state index is 11.9. The van der Waals surface area contributed by atoms with Crippen LogP contribution in [-0.4, -0.2) is 28.4 Å². The van der Waals surface area contributed by atoms with Crippen molar-refractivity contribution in [1.82, 2.24) is 24.7 Å². The zero-order chi connectivity index (χ0) is 12.5. The Morgan fingerprint density at radius 1 is 1.53 bits per heavy atom. The number of nitrogens with one attached hydrogen (secondary N) is 2. The fourth-order valence-corrected chi connectivity index (χ4v) is 2.99. The molecule has 17 heavy (non-hydrogen) atoms. The zero-order valence-electron chi connectivity index (χ0n) is 8.88. The largest absolute Gasteiger partial charge is 0.285 e. The third-order valence-corrected chi connectivity index (χ3v) is 4.02. The lowest BCUT2D eigenvalue weighted by Crippen LogP contribution is -2.25. The van der Waals surface area contributed by atoms with Crippen LogP contribution in [0.15, 0.2) is 23.6 Å². The number of sulfonamides is 1. The van der Waals surface area contributed by atoms with E-state index in [2.05, 4.69) is 20.0 Å². The van der Waals surface area contributed by atoms with Gasteiger partial charge < -0.3 is 0 Å². The van der Waals surface area contributed by atoms with Crippen LogP contribution >= 0.6 is 11.6 Å². The van der Waals surface area contributed by atoms with Crippen LogP contribution in [0.2, 0.25) is 5.02 Å². The van der Waals surface area contributed by atoms with Crippen molar-refractivity contribution in [2.45, 2.75) is 11.6 Å². The molecule has 0 fully saturated rings. The summed E-state index contributed by atoms with van der Waals surface area (Å²) in [5.74, 6) is 0. The minimum Gasteiger partial charge on any atom is -0.285 e. The zero-order valence-corrected chi connectivity index (χ0v) is 10.5. The molecule has 0 amide bonds. The van der Waals surface area contributed by atoms with E-state index in [0.29, 0.717) is 0 Å². The molecule has 0 radical (unpaired) electrons. The molecule has 0 aromatic carbocycles. The second-order valence-corrected chi connectivity index (χ2v) is 5.44. The van der Waals surface area contributed by atoms with E-state index in [1.54, 1.807) is 6.20 Å². The number of nitrogens with zero attached hydrogens (tertiary/aromatic N) is 3. The normalized spacial score (nSPS) is 11.9. The van der Waals surface area contributed by atoms with Crippen molar-refractivity contribution >= 4 is 21.6 Å². The van der Waals surface area contributed by atoms with Gasteiger partial charge in [0.15, 0.2) is 5.03 Å². The van der Waals surface area contributed by atoms with Crippen LogP contribution in [0.1, 0.15) is 5.56 Å². The monoisotopic (exact) mass is 275 g/mol. The van der Waals surface area contributed by atoms with Crippen LogP contribution in [0, 0.1) is 0 Å². The average Bonchev–Trinajstić information content (AvgIpc) is 2.86. The first-order valence-corrected chi connectivity index (χ1v) is 6.51. The second-order valence-electron chi connectivity index (χ2n) is 3.35. The Morgan fingerprint density at radius 2 is 2.29 bits per heavy atom. The van der Waals surface area contributed by atoms with E-state index in [0.717, 1.165) is 5.56 Å². The molecule has 0 saturated heterocycles. The highest BCUT2D eigenvalue weighted by atomic mass is 35.5. The number of aryl methyl sites for hydroxylation is 1. The summed E-state index contributed by atoms with van der Waals surface area (Å²) in [5, 5.41) is 10.1. The van der Waals surface area contributed by atoms with Crippen LogP contribution in [0.25, 0.3) is 0 Å². The fraction of sp³-hybridized carbons (Fsp3) is 0.250. The third kappa shape index (κ3) is 2.48. The quantitative estimate of drug-likeness (QED) is 0.838. The van der Waals surface area contributed by atoms with E-state index in [-0.39, 0.29) is 16.6 Å². The van der Waals surface area contributed by atoms with Gasteiger partial charge in [0.1, 0.15) is 0 Å². The molecular weight excluding hydrogens is 266 g/mol. The molecule has 2 N–H and O–H groups in total. The maximum absolute atomic E-state index is 11.9. The summed E-state index contributed by atoms with van der Waals surface area (Å²) in [6, 6.07) is 0. The highest BCUT2D eigenvalue weighted by Gasteiger charge is 2.22. The number of H-pyrrole nitrogens is 1. The van der Waals surface area contributed by atoms with Gasteiger partial charge in [0, 0.05) is 25.4 Å². The lowest BCUT2D eigenvalue weighted by Gasteiger charge is -2.06. The molecule has 0 saturated carbocycles. The highest BCUT2D eigenvalue weighted by molar-refractivity contribution is 7.89. The molecule has 2 aromatic rings. The number of hydrogen-bond acceptors (Lipinski definition) is 4. The van der Waals surface area contributed by atoms with Crippen molar-refractivity contribution < 1.29 is 8.42 Å². The smallest absolute Gasteiger partial charge is 0.259 e. The predicted octanol–water partition coefficient (Wildman–Crippen LogP) is 0.275. The van der Waals surface area contributed by atoms with Gasteiger partial charge in [0.2, 0.25) is 0 Å². The van der Waals surface area contributed by atoms with Crippen molar-refractivity contribution in [3.05, 3.63) is 29.2 Å². The molecule has 0 aliphatic rings. The first kappa shape index (κ1) is 12.1. The van der Waals surface area contributed by atoms with Crippen molar-refractivity contribution in [2.75, 3.05) is 0 Å². The van der Waals surface area contributed by atoms with Gasteiger partial charge >= 0.3 is 0 Å². The Kier molecular flexibility index (Phi) is 3.18. The first-order chi connectivity index (χ1) is 8.00. The topological polar surface area (TPSA) is 92.7 Å². The second kappa shape index (κ2) is 4.47. The predicted molar refractivity (Wildman–Crippen MR) is 60.8 cm³/mol. The van der Waals surface area contributed by atoms with E-state index < -0.39 is 10.0 Å². The third-order valence-electron chi connectivity index (χ3n) is 2.12. The molecule has 2 heterocycles. The summed E-state index contributed by atoms with van der Waals surface area (Å²) < 4.78 is 27.5. The molecule has 0 aliphatic heterocycles. The lowest BCUT2D eigenvalue weighted by atomic mass is 10.4. The molecule has 0 aliphatic carbocycles. The number of rotatable bonds is 4. The van der Waals surface area contributed by atoms with Crippen molar-refractivity contribution in [3.63, 3.8) is 0 Å². The lowest BCUT2D eigenvalue weighted by molar-refractivity contribution is 0.563. The minimum atomic E-state index is -3.68. The van der Waals surface area contributed by atoms with Crippen LogP contribution in [0.5, 0.6) is 0 Å². The van der Waals surface area contributed by atoms with Crippen LogP contribution in [0.3, 0.4) is 0 Å². The molecule has 0 unspecified atom stereocenters. The summed E-state index contributed by atoms with van der Waals surface area (Å²) in [6.07, 6.45) is 4.43. The van der Waals surface area contributed by atoms with E-state index in [4.69, 9.17) is 11.6 Å². The molecule has 2 rings (SSSR count). The molecular formula is C8H10ClN5O2S. The Bertz CT molecular complexity index is 584. The molecule has 92 valence electrons. The summed E-state index contributed by atoms with van der Waals surface area (Å²) in [5.41, 5.74) is 0.729. The van der Waals surface area contributed by atoms with E-state index in [1.807, 2.05) is 0 Å². The average molecular weight is 276 g/mol. The molecule has 9 heteroatoms. The fourth-order valence-electron chi connectivity index (χ4n) is 1.32. The Labute approximate surface area is 103 Å². The van der Waals surface area contributed by atoms with E-state index >= 15 is 0 Å². The summed E-state index contributed by atoms with van der Waals surface area (Å²) >= 11 is 5.77. The minimum absolute atomic E-state index is 0.0531. The van der Waals surface area contributed by atoms with Crippen LogP contribution in [-0.2, 0) is 23.6 Å². The van der Waals surface area contributed by atoms with Gasteiger partial charge in [0.05, 0.1) is 17.4 Å². The highest BCUT2D eigenvalue weighted by Crippen LogP contribution is 2.19. The maximum Gasteiger partial charge on any atom is 0.259 e. The Balaban J connectivity index is 2.20. The van der Waals surface area contributed by atoms with Crippen LogP contribution < -0.4 is 4.72 Å². The summed E-state index contributed by atoms with van der Waals surface area (Å²) in [6.45, 7) is 0.139. The van der Waals surface area contributed by atoms with Gasteiger partial charge in [-0.2, -0.15) is 10.2 Å². The van der Waals surface area contributed by atoms with Crippen LogP contribution in [0.4, 0.5) is 0 Å². The van der Waals surface area contributed by atoms with Gasteiger partial charge in [-0.05, 0) is 0 Å². The van der Waals surface area contributed by atoms with Gasteiger partial charge in [-0.15, -0.1) is 0 Å². The Morgan fingerprint density at radius 3 is 2.82 bits per heavy atom. The number of aromatic amines is 1. The number of aromatic nitrogens is 4. The molecule has 0 spiro atoms. The summed E-state index contributed by atoms with van der Waals surface area (Å²) in [7, 11) is -2.17. The Hall–Kier alpha value is -1.38. The molecule has 2 aromatic heterocycles. The van der Waals surface area contributed by atoms with E-state index in [9.17, 15) is 8.42 Å². The molecule has 0 atom stereocenters. The summed E-state index contributed by atoms with van der Waals surface area (Å²) in [4.78, 5) is 0. The first-order valence-electron chi connectivity index (χ1n) is 4.65. The van der Waals surface area contributed by atoms with Crippen molar-refractivity contribution in [2.24, 2.45) is 7.05 Å². The van der Waals surface area contributed by atoms with Gasteiger partial charge in [-0.1, -0.05) is 11.6 Å².